The van der Waals surface area contributed by atoms with Crippen LogP contribution in [0.3, 0.4) is 0 Å². The Labute approximate surface area is 62.8 Å². The van der Waals surface area contributed by atoms with E-state index in [1.807, 2.05) is 0 Å². The summed E-state index contributed by atoms with van der Waals surface area (Å²) >= 11 is 0. The van der Waals surface area contributed by atoms with Gasteiger partial charge in [0.05, 0.1) is 0 Å². The Bertz CT molecular complexity index is 116. The minimum atomic E-state index is 0.421. The number of carbonyl (C=O) groups excluding carboxylic acids is 1. The quantitative estimate of drug-likeness (QED) is 0.547. The van der Waals surface area contributed by atoms with Gasteiger partial charge in [-0.05, 0) is 18.3 Å². The van der Waals surface area contributed by atoms with E-state index in [4.69, 9.17) is 0 Å². The summed E-state index contributed by atoms with van der Waals surface area (Å²) in [6.45, 7) is 4.43. The molecule has 0 heterocycles. The zero-order valence-electron chi connectivity index (χ0n) is 6.84. The summed E-state index contributed by atoms with van der Waals surface area (Å²) in [4.78, 5) is 10.3. The highest BCUT2D eigenvalue weighted by Crippen LogP contribution is 2.45. The van der Waals surface area contributed by atoms with Gasteiger partial charge in [-0.3, -0.25) is 0 Å². The van der Waals surface area contributed by atoms with E-state index in [0.29, 0.717) is 5.92 Å². The fourth-order valence-corrected chi connectivity index (χ4v) is 1.83. The van der Waals surface area contributed by atoms with Crippen LogP contribution >= 0.6 is 0 Å². The molecule has 1 aliphatic carbocycles. The molecule has 0 unspecified atom stereocenters. The fraction of sp³-hybridized carbons (Fsp3) is 0.889. The Hall–Kier alpha value is -0.330. The van der Waals surface area contributed by atoms with E-state index in [0.717, 1.165) is 24.5 Å². The Balaban J connectivity index is 2.29. The van der Waals surface area contributed by atoms with Gasteiger partial charge in [0.25, 0.3) is 0 Å². The second-order valence-corrected chi connectivity index (χ2v) is 3.28. The number of carbonyl (C=O) groups is 1. The van der Waals surface area contributed by atoms with E-state index in [-0.39, 0.29) is 0 Å². The number of hydrogen-bond acceptors (Lipinski definition) is 1. The first-order valence-corrected chi connectivity index (χ1v) is 4.28. The van der Waals surface area contributed by atoms with Crippen LogP contribution in [-0.4, -0.2) is 6.29 Å². The van der Waals surface area contributed by atoms with Crippen LogP contribution in [0.1, 0.15) is 33.1 Å². The Morgan fingerprint density at radius 2 is 2.10 bits per heavy atom. The third-order valence-corrected chi connectivity index (χ3v) is 2.72. The van der Waals surface area contributed by atoms with Gasteiger partial charge in [-0.2, -0.15) is 0 Å². The lowest BCUT2D eigenvalue weighted by atomic mass is 9.96. The van der Waals surface area contributed by atoms with E-state index in [1.165, 1.54) is 12.8 Å². The topological polar surface area (TPSA) is 17.1 Å². The Morgan fingerprint density at radius 1 is 1.50 bits per heavy atom. The summed E-state index contributed by atoms with van der Waals surface area (Å²) in [5.41, 5.74) is 0. The lowest BCUT2D eigenvalue weighted by Crippen LogP contribution is -2.01. The molecule has 58 valence electrons. The molecule has 1 nitrogen and oxygen atoms in total. The number of rotatable bonds is 4. The maximum atomic E-state index is 10.3. The highest BCUT2D eigenvalue weighted by Gasteiger charge is 2.40. The maximum absolute atomic E-state index is 10.3. The predicted molar refractivity (Wildman–Crippen MR) is 41.7 cm³/mol. The van der Waals surface area contributed by atoms with Crippen molar-refractivity contribution in [3.63, 3.8) is 0 Å². The molecule has 1 rings (SSSR count). The van der Waals surface area contributed by atoms with Crippen molar-refractivity contribution in [2.75, 3.05) is 0 Å². The molecule has 0 N–H and O–H groups in total. The van der Waals surface area contributed by atoms with Gasteiger partial charge in [-0.25, -0.2) is 0 Å². The van der Waals surface area contributed by atoms with Crippen LogP contribution < -0.4 is 0 Å². The van der Waals surface area contributed by atoms with Gasteiger partial charge >= 0.3 is 0 Å². The van der Waals surface area contributed by atoms with Gasteiger partial charge in [-0.15, -0.1) is 0 Å². The summed E-state index contributed by atoms with van der Waals surface area (Å²) in [5, 5.41) is 0. The lowest BCUT2D eigenvalue weighted by Gasteiger charge is -2.09. The molecule has 0 amide bonds. The first kappa shape index (κ1) is 7.77. The monoisotopic (exact) mass is 140 g/mol. The zero-order valence-corrected chi connectivity index (χ0v) is 6.84. The van der Waals surface area contributed by atoms with Crippen molar-refractivity contribution in [2.24, 2.45) is 17.8 Å². The standard InChI is InChI=1S/C9H16O/c1-3-7(4-2)9-5-8(9)6-10/h6-9H,3-5H2,1-2H3/t8-,9-/m0/s1. The van der Waals surface area contributed by atoms with Gasteiger partial charge in [0, 0.05) is 5.92 Å². The normalized spacial score (nSPS) is 30.7. The van der Waals surface area contributed by atoms with Crippen molar-refractivity contribution in [3.05, 3.63) is 0 Å². The van der Waals surface area contributed by atoms with Crippen LogP contribution in [0.5, 0.6) is 0 Å². The number of aldehydes is 1. The first-order valence-electron chi connectivity index (χ1n) is 4.28. The summed E-state index contributed by atoms with van der Waals surface area (Å²) < 4.78 is 0. The highest BCUT2D eigenvalue weighted by atomic mass is 16.1. The smallest absolute Gasteiger partial charge is 0.123 e. The zero-order chi connectivity index (χ0) is 7.56. The molecule has 0 aromatic carbocycles. The molecular formula is C9H16O. The van der Waals surface area contributed by atoms with E-state index >= 15 is 0 Å². The third kappa shape index (κ3) is 1.39. The SMILES string of the molecule is CCC(CC)[C@@H]1C[C@H]1C=O. The predicted octanol–water partition coefficient (Wildman–Crippen LogP) is 2.26. The summed E-state index contributed by atoms with van der Waals surface area (Å²) in [6, 6.07) is 0. The van der Waals surface area contributed by atoms with Crippen LogP contribution in [0.2, 0.25) is 0 Å². The maximum Gasteiger partial charge on any atom is 0.123 e. The average molecular weight is 140 g/mol. The molecule has 1 aliphatic rings. The Morgan fingerprint density at radius 3 is 2.40 bits per heavy atom. The molecule has 0 aromatic heterocycles. The second kappa shape index (κ2) is 3.18. The highest BCUT2D eigenvalue weighted by molar-refractivity contribution is 5.58. The summed E-state index contributed by atoms with van der Waals surface area (Å²) in [5.74, 6) is 1.98. The molecule has 2 atom stereocenters. The van der Waals surface area contributed by atoms with Crippen molar-refractivity contribution in [1.82, 2.24) is 0 Å². The van der Waals surface area contributed by atoms with Crippen molar-refractivity contribution < 1.29 is 4.79 Å². The molecule has 0 saturated heterocycles. The molecule has 10 heavy (non-hydrogen) atoms. The van der Waals surface area contributed by atoms with E-state index < -0.39 is 0 Å². The van der Waals surface area contributed by atoms with Gasteiger partial charge in [-0.1, -0.05) is 26.7 Å². The van der Waals surface area contributed by atoms with E-state index in [1.54, 1.807) is 0 Å². The largest absolute Gasteiger partial charge is 0.303 e. The van der Waals surface area contributed by atoms with Crippen molar-refractivity contribution >= 4 is 6.29 Å². The van der Waals surface area contributed by atoms with Crippen LogP contribution in [0.15, 0.2) is 0 Å². The van der Waals surface area contributed by atoms with Crippen LogP contribution in [0.25, 0.3) is 0 Å². The minimum absolute atomic E-state index is 0.421. The van der Waals surface area contributed by atoms with Crippen molar-refractivity contribution in [2.45, 2.75) is 33.1 Å². The molecule has 0 aliphatic heterocycles. The Kier molecular flexibility index (Phi) is 2.47. The van der Waals surface area contributed by atoms with Gasteiger partial charge < -0.3 is 4.79 Å². The van der Waals surface area contributed by atoms with Crippen LogP contribution in [-0.2, 0) is 4.79 Å². The van der Waals surface area contributed by atoms with Gasteiger partial charge in [0.15, 0.2) is 0 Å². The van der Waals surface area contributed by atoms with E-state index in [2.05, 4.69) is 13.8 Å². The van der Waals surface area contributed by atoms with Crippen molar-refractivity contribution in [1.29, 1.82) is 0 Å². The summed E-state index contributed by atoms with van der Waals surface area (Å²) in [7, 11) is 0. The molecule has 1 saturated carbocycles. The van der Waals surface area contributed by atoms with Crippen molar-refractivity contribution in [3.8, 4) is 0 Å². The molecule has 0 aromatic rings. The van der Waals surface area contributed by atoms with Gasteiger partial charge in [0.1, 0.15) is 6.29 Å². The van der Waals surface area contributed by atoms with Gasteiger partial charge in [0.2, 0.25) is 0 Å². The first-order chi connectivity index (χ1) is 4.83. The average Bonchev–Trinajstić information content (AvgIpc) is 2.70. The fourth-order valence-electron chi connectivity index (χ4n) is 1.83. The van der Waals surface area contributed by atoms with E-state index in [9.17, 15) is 4.79 Å². The number of hydrogen-bond donors (Lipinski definition) is 0. The molecule has 0 bridgehead atoms. The minimum Gasteiger partial charge on any atom is -0.303 e. The van der Waals surface area contributed by atoms with Crippen LogP contribution in [0.4, 0.5) is 0 Å². The lowest BCUT2D eigenvalue weighted by molar-refractivity contribution is -0.109. The molecule has 0 radical (unpaired) electrons. The molecular weight excluding hydrogens is 124 g/mol. The molecule has 1 fully saturated rings. The second-order valence-electron chi connectivity index (χ2n) is 3.28. The third-order valence-electron chi connectivity index (χ3n) is 2.72. The molecule has 1 heteroatoms. The summed E-state index contributed by atoms with van der Waals surface area (Å²) in [6.07, 6.45) is 4.77. The molecule has 0 spiro atoms. The van der Waals surface area contributed by atoms with Crippen LogP contribution in [0, 0.1) is 17.8 Å².